The summed E-state index contributed by atoms with van der Waals surface area (Å²) in [5.74, 6) is -0.674. The van der Waals surface area contributed by atoms with Gasteiger partial charge in [0.05, 0.1) is 27.0 Å². The molecule has 34 heavy (non-hydrogen) atoms. The van der Waals surface area contributed by atoms with E-state index in [4.69, 9.17) is 10.7 Å². The molecule has 0 aliphatic heterocycles. The molecule has 4 aromatic rings. The van der Waals surface area contributed by atoms with Gasteiger partial charge < -0.3 is 5.73 Å². The van der Waals surface area contributed by atoms with Crippen LogP contribution < -0.4 is 10.5 Å². The van der Waals surface area contributed by atoms with Crippen molar-refractivity contribution in [3.05, 3.63) is 53.6 Å². The molecule has 0 unspecified atom stereocenters. The van der Waals surface area contributed by atoms with Crippen LogP contribution in [0, 0.1) is 5.82 Å². The first-order valence-corrected chi connectivity index (χ1v) is 12.2. The Balaban J connectivity index is 0.00000324. The van der Waals surface area contributed by atoms with Crippen molar-refractivity contribution >= 4 is 45.4 Å². The second-order valence-electron chi connectivity index (χ2n) is 8.35. The van der Waals surface area contributed by atoms with E-state index in [2.05, 4.69) is 19.8 Å². The highest BCUT2D eigenvalue weighted by atomic mass is 35.5. The van der Waals surface area contributed by atoms with E-state index in [0.717, 1.165) is 5.01 Å². The Bertz CT molecular complexity index is 1450. The Hall–Kier alpha value is -3.09. The van der Waals surface area contributed by atoms with Crippen LogP contribution in [-0.2, 0) is 22.5 Å². The number of hydrogen-bond acceptors (Lipinski definition) is 8. The molecule has 0 fully saturated rings. The largest absolute Gasteiger partial charge is 0.368 e. The predicted molar refractivity (Wildman–Crippen MR) is 133 cm³/mol. The minimum atomic E-state index is -4.08. The van der Waals surface area contributed by atoms with Gasteiger partial charge in [0, 0.05) is 30.4 Å². The summed E-state index contributed by atoms with van der Waals surface area (Å²) < 4.78 is 44.6. The van der Waals surface area contributed by atoms with E-state index in [9.17, 15) is 8.42 Å². The van der Waals surface area contributed by atoms with Crippen LogP contribution in [0.2, 0.25) is 0 Å². The number of benzene rings is 1. The van der Waals surface area contributed by atoms with Gasteiger partial charge in [0.15, 0.2) is 10.8 Å². The third-order valence-corrected chi connectivity index (χ3v) is 7.40. The van der Waals surface area contributed by atoms with Gasteiger partial charge >= 0.3 is 0 Å². The molecular formula is C21H23ClFN7O2S2. The average Bonchev–Trinajstić information content (AvgIpc) is 3.36. The molecule has 0 saturated carbocycles. The lowest BCUT2D eigenvalue weighted by molar-refractivity contribution is 0.585. The number of anilines is 2. The van der Waals surface area contributed by atoms with Crippen molar-refractivity contribution < 1.29 is 12.8 Å². The SMILES string of the molecule is Cl.Cn1ccc(S(=O)(=O)Nc2cccc(-c3nc(C(C)(C)C)sc3-c3ccnc(N)n3)c2F)n1. The van der Waals surface area contributed by atoms with Gasteiger partial charge in [0.1, 0.15) is 0 Å². The smallest absolute Gasteiger partial charge is 0.281 e. The van der Waals surface area contributed by atoms with Gasteiger partial charge in [0.2, 0.25) is 5.95 Å². The maximum absolute atomic E-state index is 15.6. The number of thiazole rings is 1. The van der Waals surface area contributed by atoms with Crippen LogP contribution in [0.3, 0.4) is 0 Å². The zero-order valence-electron chi connectivity index (χ0n) is 18.8. The molecular weight excluding hydrogens is 501 g/mol. The molecule has 1 aromatic carbocycles. The molecule has 0 aliphatic carbocycles. The van der Waals surface area contributed by atoms with Crippen LogP contribution >= 0.6 is 23.7 Å². The van der Waals surface area contributed by atoms with E-state index < -0.39 is 15.8 Å². The van der Waals surface area contributed by atoms with E-state index in [1.54, 1.807) is 25.2 Å². The molecule has 13 heteroatoms. The maximum atomic E-state index is 15.6. The van der Waals surface area contributed by atoms with Crippen molar-refractivity contribution in [3.63, 3.8) is 0 Å². The molecule has 0 atom stereocenters. The summed E-state index contributed by atoms with van der Waals surface area (Å²) >= 11 is 1.38. The summed E-state index contributed by atoms with van der Waals surface area (Å²) in [5, 5.41) is 4.44. The van der Waals surface area contributed by atoms with E-state index in [1.807, 2.05) is 20.8 Å². The molecule has 9 nitrogen and oxygen atoms in total. The van der Waals surface area contributed by atoms with Crippen molar-refractivity contribution in [2.75, 3.05) is 10.5 Å². The molecule has 4 rings (SSSR count). The number of nitrogens with two attached hydrogens (primary N) is 1. The predicted octanol–water partition coefficient (Wildman–Crippen LogP) is 4.24. The maximum Gasteiger partial charge on any atom is 0.281 e. The number of nitrogen functional groups attached to an aromatic ring is 1. The first-order valence-electron chi connectivity index (χ1n) is 9.87. The fourth-order valence-corrected chi connectivity index (χ4v) is 5.16. The van der Waals surface area contributed by atoms with Gasteiger partial charge in [-0.3, -0.25) is 9.40 Å². The molecule has 0 bridgehead atoms. The molecule has 180 valence electrons. The fourth-order valence-electron chi connectivity index (χ4n) is 3.03. The average molecular weight is 524 g/mol. The lowest BCUT2D eigenvalue weighted by atomic mass is 9.98. The standard InChI is InChI=1S/C21H22FN7O2S2.ClH/c1-21(2,3)19-26-17(18(32-19)14-8-10-24-20(23)25-14)12-6-5-7-13(16(12)22)28-33(30,31)15-9-11-29(4)27-15;/h5-11,28H,1-4H3,(H2,23,24,25);1H. The Kier molecular flexibility index (Phi) is 6.97. The highest BCUT2D eigenvalue weighted by Gasteiger charge is 2.27. The number of hydrogen-bond donors (Lipinski definition) is 2. The van der Waals surface area contributed by atoms with Crippen LogP contribution in [0.15, 0.2) is 47.8 Å². The van der Waals surface area contributed by atoms with E-state index in [0.29, 0.717) is 16.3 Å². The third-order valence-electron chi connectivity index (χ3n) is 4.64. The van der Waals surface area contributed by atoms with E-state index in [1.165, 1.54) is 40.5 Å². The molecule has 0 saturated heterocycles. The summed E-state index contributed by atoms with van der Waals surface area (Å²) in [7, 11) is -2.48. The molecule has 0 amide bonds. The second-order valence-corrected chi connectivity index (χ2v) is 11.0. The first-order chi connectivity index (χ1) is 15.5. The monoisotopic (exact) mass is 523 g/mol. The van der Waals surface area contributed by atoms with E-state index in [-0.39, 0.29) is 40.0 Å². The van der Waals surface area contributed by atoms with Crippen molar-refractivity contribution in [3.8, 4) is 21.8 Å². The molecule has 3 heterocycles. The van der Waals surface area contributed by atoms with Crippen molar-refractivity contribution in [2.24, 2.45) is 7.05 Å². The number of nitrogens with one attached hydrogen (secondary N) is 1. The Morgan fingerprint density at radius 3 is 2.50 bits per heavy atom. The van der Waals surface area contributed by atoms with Gasteiger partial charge in [-0.25, -0.2) is 19.3 Å². The van der Waals surface area contributed by atoms with Crippen LogP contribution in [-0.4, -0.2) is 33.2 Å². The van der Waals surface area contributed by atoms with Gasteiger partial charge in [0.25, 0.3) is 10.0 Å². The summed E-state index contributed by atoms with van der Waals surface area (Å²) in [6.07, 6.45) is 3.01. The molecule has 3 N–H and O–H groups in total. The van der Waals surface area contributed by atoms with E-state index >= 15 is 4.39 Å². The van der Waals surface area contributed by atoms with Crippen LogP contribution in [0.4, 0.5) is 16.0 Å². The van der Waals surface area contributed by atoms with Crippen LogP contribution in [0.1, 0.15) is 25.8 Å². The Morgan fingerprint density at radius 2 is 1.88 bits per heavy atom. The lowest BCUT2D eigenvalue weighted by Gasteiger charge is -2.13. The number of sulfonamides is 1. The summed E-state index contributed by atoms with van der Waals surface area (Å²) in [4.78, 5) is 13.5. The molecule has 3 aromatic heterocycles. The topological polar surface area (TPSA) is 129 Å². The lowest BCUT2D eigenvalue weighted by Crippen LogP contribution is -2.15. The summed E-state index contributed by atoms with van der Waals surface area (Å²) in [5.41, 5.74) is 6.23. The second kappa shape index (κ2) is 9.28. The molecule has 0 aliphatic rings. The zero-order valence-corrected chi connectivity index (χ0v) is 21.2. The van der Waals surface area contributed by atoms with Crippen molar-refractivity contribution in [1.29, 1.82) is 0 Å². The minimum absolute atomic E-state index is 0. The van der Waals surface area contributed by atoms with Crippen molar-refractivity contribution in [2.45, 2.75) is 31.2 Å². The van der Waals surface area contributed by atoms with Gasteiger partial charge in [-0.1, -0.05) is 26.8 Å². The highest BCUT2D eigenvalue weighted by molar-refractivity contribution is 7.92. The third kappa shape index (κ3) is 5.03. The highest BCUT2D eigenvalue weighted by Crippen LogP contribution is 2.41. The number of aryl methyl sites for hydroxylation is 1. The summed E-state index contributed by atoms with van der Waals surface area (Å²) in [6.45, 7) is 6.00. The number of nitrogens with zero attached hydrogens (tertiary/aromatic N) is 5. The Morgan fingerprint density at radius 1 is 1.15 bits per heavy atom. The Labute approximate surface area is 206 Å². The first kappa shape index (κ1) is 25.5. The van der Waals surface area contributed by atoms with Gasteiger partial charge in [-0.15, -0.1) is 23.7 Å². The zero-order chi connectivity index (χ0) is 24.0. The minimum Gasteiger partial charge on any atom is -0.368 e. The van der Waals surface area contributed by atoms with Crippen LogP contribution in [0.5, 0.6) is 0 Å². The number of rotatable bonds is 5. The molecule has 0 spiro atoms. The van der Waals surface area contributed by atoms with Crippen LogP contribution in [0.25, 0.3) is 21.8 Å². The number of halogens is 2. The van der Waals surface area contributed by atoms with Gasteiger partial charge in [-0.05, 0) is 24.3 Å². The van der Waals surface area contributed by atoms with Crippen molar-refractivity contribution in [1.82, 2.24) is 24.7 Å². The molecule has 0 radical (unpaired) electrons. The number of aromatic nitrogens is 5. The fraction of sp³-hybridized carbons (Fsp3) is 0.238. The van der Waals surface area contributed by atoms with Gasteiger partial charge in [-0.2, -0.15) is 13.5 Å². The summed E-state index contributed by atoms with van der Waals surface area (Å²) in [6, 6.07) is 7.45. The quantitative estimate of drug-likeness (QED) is 0.400. The normalized spacial score (nSPS) is 11.8.